The number of allylic oxidation sites excluding steroid dienone is 1. The van der Waals surface area contributed by atoms with Gasteiger partial charge in [-0.1, -0.05) is 75.1 Å². The maximum absolute atomic E-state index is 13.2. The van der Waals surface area contributed by atoms with Gasteiger partial charge in [-0.2, -0.15) is 0 Å². The number of aromatic nitrogens is 1. The van der Waals surface area contributed by atoms with Crippen LogP contribution in [0.5, 0.6) is 11.6 Å². The normalized spacial score (nSPS) is 12.2. The number of hydrogen-bond acceptors (Lipinski definition) is 4. The van der Waals surface area contributed by atoms with Crippen molar-refractivity contribution in [2.75, 3.05) is 0 Å². The van der Waals surface area contributed by atoms with Gasteiger partial charge in [-0.3, -0.25) is 4.79 Å². The molecule has 0 radical (unpaired) electrons. The van der Waals surface area contributed by atoms with Crippen molar-refractivity contribution in [3.8, 4) is 11.6 Å². The number of ether oxygens (including phenoxy) is 1. The van der Waals surface area contributed by atoms with Crippen LogP contribution in [0.25, 0.3) is 5.70 Å². The van der Waals surface area contributed by atoms with Crippen LogP contribution in [-0.4, -0.2) is 16.9 Å². The van der Waals surface area contributed by atoms with Crippen molar-refractivity contribution in [3.63, 3.8) is 0 Å². The van der Waals surface area contributed by atoms with E-state index in [-0.39, 0.29) is 23.2 Å². The van der Waals surface area contributed by atoms with Gasteiger partial charge in [0.2, 0.25) is 5.88 Å². The summed E-state index contributed by atoms with van der Waals surface area (Å²) in [5, 5.41) is 6.89. The van der Waals surface area contributed by atoms with Gasteiger partial charge in [-0.15, -0.1) is 0 Å². The largest absolute Gasteiger partial charge is 0.438 e. The van der Waals surface area contributed by atoms with Gasteiger partial charge < -0.3 is 15.4 Å². The summed E-state index contributed by atoms with van der Waals surface area (Å²) in [4.78, 5) is 17.1. The van der Waals surface area contributed by atoms with Crippen LogP contribution in [-0.2, 0) is 6.54 Å². The lowest BCUT2D eigenvalue weighted by molar-refractivity contribution is 0.0948. The molecule has 0 aliphatic rings. The Balaban J connectivity index is 1.67. The number of pyridine rings is 1. The third-order valence-electron chi connectivity index (χ3n) is 5.84. The second kappa shape index (κ2) is 14.4. The third kappa shape index (κ3) is 8.90. The van der Waals surface area contributed by atoms with Crippen LogP contribution in [0.15, 0.2) is 66.9 Å². The molecule has 1 unspecified atom stereocenters. The van der Waals surface area contributed by atoms with Gasteiger partial charge in [-0.05, 0) is 61.2 Å². The third-order valence-corrected chi connectivity index (χ3v) is 6.04. The van der Waals surface area contributed by atoms with Crippen LogP contribution in [0.4, 0.5) is 4.39 Å². The van der Waals surface area contributed by atoms with Crippen LogP contribution >= 0.6 is 11.6 Å². The summed E-state index contributed by atoms with van der Waals surface area (Å²) in [6, 6.07) is 15.6. The van der Waals surface area contributed by atoms with Crippen LogP contribution in [0.3, 0.4) is 0 Å². The van der Waals surface area contributed by atoms with E-state index >= 15 is 0 Å². The Morgan fingerprint density at radius 1 is 1.11 bits per heavy atom. The first-order valence-corrected chi connectivity index (χ1v) is 13.2. The number of halogens is 2. The fourth-order valence-corrected chi connectivity index (χ4v) is 3.92. The van der Waals surface area contributed by atoms with E-state index in [1.165, 1.54) is 49.4 Å². The van der Waals surface area contributed by atoms with Crippen molar-refractivity contribution in [1.29, 1.82) is 0 Å². The zero-order chi connectivity index (χ0) is 26.6. The lowest BCUT2D eigenvalue weighted by Gasteiger charge is -2.19. The first kappa shape index (κ1) is 28.2. The van der Waals surface area contributed by atoms with E-state index in [1.807, 2.05) is 12.1 Å². The monoisotopic (exact) mass is 523 g/mol. The summed E-state index contributed by atoms with van der Waals surface area (Å²) >= 11 is 6.09. The molecule has 2 N–H and O–H groups in total. The highest BCUT2D eigenvalue weighted by atomic mass is 35.5. The molecule has 0 saturated heterocycles. The Kier molecular flexibility index (Phi) is 11.0. The zero-order valence-corrected chi connectivity index (χ0v) is 22.4. The molecule has 1 heterocycles. The van der Waals surface area contributed by atoms with Crippen LogP contribution in [0, 0.1) is 5.82 Å². The van der Waals surface area contributed by atoms with Crippen LogP contribution < -0.4 is 15.4 Å². The minimum atomic E-state index is -0.379. The van der Waals surface area contributed by atoms with E-state index in [1.54, 1.807) is 0 Å². The van der Waals surface area contributed by atoms with Crippen molar-refractivity contribution < 1.29 is 13.9 Å². The van der Waals surface area contributed by atoms with Crippen LogP contribution in [0.2, 0.25) is 5.02 Å². The van der Waals surface area contributed by atoms with E-state index < -0.39 is 0 Å². The molecule has 3 aromatic rings. The first-order valence-electron chi connectivity index (χ1n) is 12.8. The lowest BCUT2D eigenvalue weighted by Crippen LogP contribution is -2.25. The molecule has 2 aromatic carbocycles. The summed E-state index contributed by atoms with van der Waals surface area (Å²) in [5.74, 6) is -0.287. The van der Waals surface area contributed by atoms with Gasteiger partial charge in [-0.25, -0.2) is 9.37 Å². The highest BCUT2D eigenvalue weighted by molar-refractivity contribution is 6.30. The maximum atomic E-state index is 13.2. The predicted molar refractivity (Wildman–Crippen MR) is 148 cm³/mol. The fourth-order valence-electron chi connectivity index (χ4n) is 3.76. The molecule has 0 bridgehead atoms. The number of benzene rings is 2. The number of carbonyl (C=O) groups is 1. The number of unbranched alkanes of at least 4 members (excludes halogenated alkanes) is 2. The zero-order valence-electron chi connectivity index (χ0n) is 21.7. The number of nitrogens with one attached hydrogen (secondary N) is 2. The van der Waals surface area contributed by atoms with E-state index in [0.29, 0.717) is 23.4 Å². The number of amides is 1. The molecule has 0 saturated carbocycles. The van der Waals surface area contributed by atoms with Gasteiger partial charge in [0.1, 0.15) is 17.1 Å². The average molecular weight is 524 g/mol. The van der Waals surface area contributed by atoms with Crippen molar-refractivity contribution in [1.82, 2.24) is 15.6 Å². The summed E-state index contributed by atoms with van der Waals surface area (Å²) in [7, 11) is 0. The number of carbonyl (C=O) groups excluding carboxylic acids is 1. The maximum Gasteiger partial charge on any atom is 0.257 e. The Labute approximate surface area is 224 Å². The highest BCUT2D eigenvalue weighted by Gasteiger charge is 2.16. The molecule has 37 heavy (non-hydrogen) atoms. The molecule has 1 atom stereocenters. The molecule has 3 rings (SSSR count). The van der Waals surface area contributed by atoms with E-state index in [4.69, 9.17) is 16.3 Å². The quantitative estimate of drug-likeness (QED) is 0.239. The molecular weight excluding hydrogens is 489 g/mol. The minimum Gasteiger partial charge on any atom is -0.438 e. The molecule has 1 aromatic heterocycles. The average Bonchev–Trinajstić information content (AvgIpc) is 2.91. The Bertz CT molecular complexity index is 1180. The lowest BCUT2D eigenvalue weighted by atomic mass is 10.1. The van der Waals surface area contributed by atoms with Gasteiger partial charge in [0.05, 0.1) is 5.02 Å². The molecular formula is C30H35ClFN3O2. The fraction of sp³-hybridized carbons (Fsp3) is 0.333. The highest BCUT2D eigenvalue weighted by Crippen LogP contribution is 2.26. The molecule has 7 heteroatoms. The second-order valence-corrected chi connectivity index (χ2v) is 9.47. The SMILES string of the molecule is CCC/C=C(/NC(C)CCCC)c1ccc(CNC(=O)c2cc(Cl)cnc2Oc2ccc(F)cc2)cc1. The van der Waals surface area contributed by atoms with E-state index in [2.05, 4.69) is 54.6 Å². The van der Waals surface area contributed by atoms with Gasteiger partial charge >= 0.3 is 0 Å². The van der Waals surface area contributed by atoms with E-state index in [9.17, 15) is 9.18 Å². The summed E-state index contributed by atoms with van der Waals surface area (Å²) in [6.45, 7) is 6.93. The number of hydrogen-bond donors (Lipinski definition) is 2. The standard InChI is InChI=1S/C30H35ClFN3O2/c1-4-6-8-21(3)35-28(9-7-5-2)23-12-10-22(11-13-23)19-33-29(36)27-18-24(31)20-34-30(27)37-26-16-14-25(32)15-17-26/h9-18,20-21,35H,4-8,19H2,1-3H3,(H,33,36)/b28-9+. The summed E-state index contributed by atoms with van der Waals surface area (Å²) < 4.78 is 18.9. The van der Waals surface area contributed by atoms with Crippen molar-refractivity contribution in [3.05, 3.63) is 94.4 Å². The summed E-state index contributed by atoms with van der Waals surface area (Å²) in [5.41, 5.74) is 3.43. The molecule has 5 nitrogen and oxygen atoms in total. The molecule has 0 aliphatic heterocycles. The topological polar surface area (TPSA) is 63.2 Å². The Morgan fingerprint density at radius 3 is 2.51 bits per heavy atom. The molecule has 0 fully saturated rings. The van der Waals surface area contributed by atoms with Gasteiger partial charge in [0.25, 0.3) is 5.91 Å². The second-order valence-electron chi connectivity index (χ2n) is 9.04. The molecule has 196 valence electrons. The van der Waals surface area contributed by atoms with Gasteiger partial charge in [0.15, 0.2) is 0 Å². The van der Waals surface area contributed by atoms with E-state index in [0.717, 1.165) is 36.1 Å². The number of nitrogens with zero attached hydrogens (tertiary/aromatic N) is 1. The predicted octanol–water partition coefficient (Wildman–Crippen LogP) is 7.91. The van der Waals surface area contributed by atoms with Gasteiger partial charge in [0, 0.05) is 24.5 Å². The Morgan fingerprint density at radius 2 is 1.84 bits per heavy atom. The smallest absolute Gasteiger partial charge is 0.257 e. The Hall–Kier alpha value is -3.38. The molecule has 0 spiro atoms. The first-order chi connectivity index (χ1) is 17.9. The van der Waals surface area contributed by atoms with Crippen molar-refractivity contribution >= 4 is 23.2 Å². The van der Waals surface area contributed by atoms with Crippen molar-refractivity contribution in [2.45, 2.75) is 65.5 Å². The van der Waals surface area contributed by atoms with Crippen LogP contribution in [0.1, 0.15) is 74.4 Å². The molecule has 1 amide bonds. The number of rotatable bonds is 13. The van der Waals surface area contributed by atoms with Crippen molar-refractivity contribution in [2.24, 2.45) is 0 Å². The molecule has 0 aliphatic carbocycles. The minimum absolute atomic E-state index is 0.0952. The summed E-state index contributed by atoms with van der Waals surface area (Å²) in [6.07, 6.45) is 9.28.